The van der Waals surface area contributed by atoms with Crippen molar-refractivity contribution in [2.45, 2.75) is 12.6 Å². The topological polar surface area (TPSA) is 49.4 Å². The number of nitrogens with zero attached hydrogens (tertiary/aromatic N) is 1. The molecule has 1 heterocycles. The van der Waals surface area contributed by atoms with Crippen molar-refractivity contribution < 1.29 is 22.8 Å². The highest BCUT2D eigenvalue weighted by atomic mass is 79.9. The van der Waals surface area contributed by atoms with E-state index in [-0.39, 0.29) is 6.42 Å². The number of rotatable bonds is 3. The predicted molar refractivity (Wildman–Crippen MR) is 73.7 cm³/mol. The van der Waals surface area contributed by atoms with Gasteiger partial charge in [0.1, 0.15) is 12.5 Å². The zero-order valence-corrected chi connectivity index (χ0v) is 12.4. The molecule has 1 N–H and O–H groups in total. The lowest BCUT2D eigenvalue weighted by atomic mass is 10.1. The van der Waals surface area contributed by atoms with Gasteiger partial charge < -0.3 is 10.2 Å². The number of halogens is 4. The van der Waals surface area contributed by atoms with Crippen molar-refractivity contribution in [3.8, 4) is 0 Å². The Morgan fingerprint density at radius 3 is 2.67 bits per heavy atom. The third-order valence-corrected chi connectivity index (χ3v) is 3.80. The second-order valence-electron chi connectivity index (χ2n) is 4.62. The average molecular weight is 365 g/mol. The van der Waals surface area contributed by atoms with E-state index in [0.717, 1.165) is 0 Å². The predicted octanol–water partition coefficient (Wildman–Crippen LogP) is 2.48. The molecule has 0 radical (unpaired) electrons. The molecule has 2 rings (SSSR count). The summed E-state index contributed by atoms with van der Waals surface area (Å²) in [5, 5.41) is 1.76. The molecule has 8 heteroatoms. The van der Waals surface area contributed by atoms with Crippen LogP contribution in [-0.4, -0.2) is 31.1 Å². The molecule has 0 unspecified atom stereocenters. The van der Waals surface area contributed by atoms with Gasteiger partial charge >= 0.3 is 6.18 Å². The zero-order valence-electron chi connectivity index (χ0n) is 10.8. The first-order valence-corrected chi connectivity index (χ1v) is 6.99. The first kappa shape index (κ1) is 15.8. The highest BCUT2D eigenvalue weighted by Crippen LogP contribution is 2.31. The molecule has 1 aliphatic heterocycles. The van der Waals surface area contributed by atoms with E-state index >= 15 is 0 Å². The number of hydrogen-bond acceptors (Lipinski definition) is 2. The molecule has 2 amide bonds. The molecule has 0 bridgehead atoms. The molecule has 1 aromatic rings. The number of amides is 2. The Balaban J connectivity index is 2.05. The molecule has 0 aliphatic carbocycles. The van der Waals surface area contributed by atoms with Gasteiger partial charge in [0, 0.05) is 11.0 Å². The van der Waals surface area contributed by atoms with Gasteiger partial charge in [-0.1, -0.05) is 12.1 Å². The SMILES string of the molecule is O=C(NCC(F)(F)F)[C@H]1CCN(c2ccccc2Br)C1=O. The lowest BCUT2D eigenvalue weighted by Crippen LogP contribution is -2.40. The van der Waals surface area contributed by atoms with Crippen LogP contribution in [0.5, 0.6) is 0 Å². The van der Waals surface area contributed by atoms with Crippen molar-refractivity contribution >= 4 is 33.4 Å². The second-order valence-corrected chi connectivity index (χ2v) is 5.47. The van der Waals surface area contributed by atoms with E-state index in [1.807, 2.05) is 0 Å². The molecular weight excluding hydrogens is 353 g/mol. The summed E-state index contributed by atoms with van der Waals surface area (Å²) in [4.78, 5) is 25.3. The molecule has 0 aromatic heterocycles. The fourth-order valence-corrected chi connectivity index (χ4v) is 2.64. The molecule has 1 aromatic carbocycles. The van der Waals surface area contributed by atoms with E-state index in [0.29, 0.717) is 16.7 Å². The average Bonchev–Trinajstić information content (AvgIpc) is 2.78. The molecular formula is C13H12BrF3N2O2. The lowest BCUT2D eigenvalue weighted by Gasteiger charge is -2.18. The molecule has 1 saturated heterocycles. The van der Waals surface area contributed by atoms with Crippen molar-refractivity contribution in [1.82, 2.24) is 5.32 Å². The lowest BCUT2D eigenvalue weighted by molar-refractivity contribution is -0.143. The summed E-state index contributed by atoms with van der Waals surface area (Å²) < 4.78 is 36.9. The van der Waals surface area contributed by atoms with E-state index in [1.165, 1.54) is 4.90 Å². The molecule has 1 aliphatic rings. The van der Waals surface area contributed by atoms with Crippen molar-refractivity contribution in [3.63, 3.8) is 0 Å². The van der Waals surface area contributed by atoms with Crippen LogP contribution in [0.15, 0.2) is 28.7 Å². The third-order valence-electron chi connectivity index (χ3n) is 3.13. The summed E-state index contributed by atoms with van der Waals surface area (Å²) in [5.74, 6) is -2.44. The normalized spacial score (nSPS) is 19.0. The van der Waals surface area contributed by atoms with Gasteiger partial charge in [-0.3, -0.25) is 9.59 Å². The Hall–Kier alpha value is -1.57. The Morgan fingerprint density at radius 2 is 2.05 bits per heavy atom. The highest BCUT2D eigenvalue weighted by molar-refractivity contribution is 9.10. The van der Waals surface area contributed by atoms with Crippen LogP contribution in [0.25, 0.3) is 0 Å². The fourth-order valence-electron chi connectivity index (χ4n) is 2.14. The van der Waals surface area contributed by atoms with Gasteiger partial charge in [0.15, 0.2) is 0 Å². The Bertz CT molecular complexity index is 563. The number of anilines is 1. The molecule has 1 fully saturated rings. The fraction of sp³-hybridized carbons (Fsp3) is 0.385. The van der Waals surface area contributed by atoms with Gasteiger partial charge in [0.25, 0.3) is 0 Å². The minimum Gasteiger partial charge on any atom is -0.346 e. The number of hydrogen-bond donors (Lipinski definition) is 1. The molecule has 4 nitrogen and oxygen atoms in total. The van der Waals surface area contributed by atoms with Crippen molar-refractivity contribution in [3.05, 3.63) is 28.7 Å². The smallest absolute Gasteiger partial charge is 0.346 e. The molecule has 114 valence electrons. The summed E-state index contributed by atoms with van der Waals surface area (Å²) in [7, 11) is 0. The van der Waals surface area contributed by atoms with Gasteiger partial charge in [0.05, 0.1) is 5.69 Å². The molecule has 0 saturated carbocycles. The Morgan fingerprint density at radius 1 is 1.38 bits per heavy atom. The van der Waals surface area contributed by atoms with Gasteiger partial charge in [-0.25, -0.2) is 0 Å². The van der Waals surface area contributed by atoms with Crippen LogP contribution in [0.3, 0.4) is 0 Å². The van der Waals surface area contributed by atoms with Crippen molar-refractivity contribution in [2.24, 2.45) is 5.92 Å². The molecule has 1 atom stereocenters. The minimum atomic E-state index is -4.49. The van der Waals surface area contributed by atoms with E-state index in [1.54, 1.807) is 29.6 Å². The van der Waals surface area contributed by atoms with E-state index in [4.69, 9.17) is 0 Å². The standard InChI is InChI=1S/C13H12BrF3N2O2/c14-9-3-1-2-4-10(9)19-6-5-8(12(19)21)11(20)18-7-13(15,16)17/h1-4,8H,5-7H2,(H,18,20)/t8-/m1/s1. The highest BCUT2D eigenvalue weighted by Gasteiger charge is 2.39. The summed E-state index contributed by atoms with van der Waals surface area (Å²) >= 11 is 3.30. The van der Waals surface area contributed by atoms with Crippen LogP contribution in [0, 0.1) is 5.92 Å². The number of nitrogens with one attached hydrogen (secondary N) is 1. The first-order valence-electron chi connectivity index (χ1n) is 6.20. The van der Waals surface area contributed by atoms with Gasteiger partial charge in [-0.15, -0.1) is 0 Å². The number of carbonyl (C=O) groups is 2. The van der Waals surface area contributed by atoms with Gasteiger partial charge in [0.2, 0.25) is 11.8 Å². The van der Waals surface area contributed by atoms with Gasteiger partial charge in [-0.2, -0.15) is 13.2 Å². The summed E-state index contributed by atoms with van der Waals surface area (Å²) in [6.45, 7) is -1.13. The summed E-state index contributed by atoms with van der Waals surface area (Å²) in [5.41, 5.74) is 0.605. The molecule has 0 spiro atoms. The van der Waals surface area contributed by atoms with E-state index in [9.17, 15) is 22.8 Å². The number of para-hydroxylation sites is 1. The zero-order chi connectivity index (χ0) is 15.6. The second kappa shape index (κ2) is 6.05. The van der Waals surface area contributed by atoms with Crippen LogP contribution in [-0.2, 0) is 9.59 Å². The van der Waals surface area contributed by atoms with Crippen LogP contribution in [0.2, 0.25) is 0 Å². The maximum atomic E-state index is 12.2. The first-order chi connectivity index (χ1) is 9.79. The van der Waals surface area contributed by atoms with E-state index in [2.05, 4.69) is 15.9 Å². The van der Waals surface area contributed by atoms with Crippen molar-refractivity contribution in [2.75, 3.05) is 18.0 Å². The largest absolute Gasteiger partial charge is 0.405 e. The number of carbonyl (C=O) groups excluding carboxylic acids is 2. The van der Waals surface area contributed by atoms with Gasteiger partial charge in [-0.05, 0) is 34.5 Å². The maximum Gasteiger partial charge on any atom is 0.405 e. The van der Waals surface area contributed by atoms with Crippen LogP contribution >= 0.6 is 15.9 Å². The van der Waals surface area contributed by atoms with Crippen LogP contribution < -0.4 is 10.2 Å². The monoisotopic (exact) mass is 364 g/mol. The molecule has 21 heavy (non-hydrogen) atoms. The van der Waals surface area contributed by atoms with Crippen LogP contribution in [0.4, 0.5) is 18.9 Å². The van der Waals surface area contributed by atoms with Crippen LogP contribution in [0.1, 0.15) is 6.42 Å². The minimum absolute atomic E-state index is 0.198. The summed E-state index contributed by atoms with van der Waals surface area (Å²) in [6, 6.07) is 6.98. The summed E-state index contributed by atoms with van der Waals surface area (Å²) in [6.07, 6.45) is -4.29. The third kappa shape index (κ3) is 3.75. The Labute approximate surface area is 127 Å². The van der Waals surface area contributed by atoms with Crippen molar-refractivity contribution in [1.29, 1.82) is 0 Å². The quantitative estimate of drug-likeness (QED) is 0.837. The van der Waals surface area contributed by atoms with E-state index < -0.39 is 30.5 Å². The maximum absolute atomic E-state index is 12.2. The number of alkyl halides is 3. The number of benzene rings is 1. The Kier molecular flexibility index (Phi) is 4.55.